The number of carbonyl (C=O) groups is 2. The van der Waals surface area contributed by atoms with Crippen LogP contribution in [0.25, 0.3) is 11.4 Å². The minimum Gasteiger partial charge on any atom is -0.506 e. The fraction of sp³-hybridized carbons (Fsp3) is 0.0556. The summed E-state index contributed by atoms with van der Waals surface area (Å²) >= 11 is 0. The second-order valence-corrected chi connectivity index (χ2v) is 10.3. The third kappa shape index (κ3) is 8.16. The number of Topliss-reactive ketones (excluding diaryl/α,β-unsaturated/α-hetero) is 2. The molecule has 0 bridgehead atoms. The number of ketones is 2. The van der Waals surface area contributed by atoms with Crippen molar-refractivity contribution >= 4 is 35.4 Å². The summed E-state index contributed by atoms with van der Waals surface area (Å²) in [5.74, 6) is -0.949. The van der Waals surface area contributed by atoms with Crippen LogP contribution in [0.1, 0.15) is 46.0 Å². The Labute approximate surface area is 291 Å². The van der Waals surface area contributed by atoms with E-state index in [1.54, 1.807) is 84.9 Å². The van der Waals surface area contributed by atoms with Crippen LogP contribution in [0.15, 0.2) is 119 Å². The maximum atomic E-state index is 11.8. The van der Waals surface area contributed by atoms with Crippen LogP contribution < -0.4 is 0 Å². The van der Waals surface area contributed by atoms with Gasteiger partial charge in [-0.2, -0.15) is 19.6 Å². The summed E-state index contributed by atoms with van der Waals surface area (Å²) in [5.41, 5.74) is 2.53. The number of hydrogen-bond acceptors (Lipinski definition) is 10. The summed E-state index contributed by atoms with van der Waals surface area (Å²) < 4.78 is 2.56. The van der Waals surface area contributed by atoms with Gasteiger partial charge in [-0.25, -0.2) is 0 Å². The van der Waals surface area contributed by atoms with Gasteiger partial charge in [0.1, 0.15) is 34.3 Å². The predicted octanol–water partition coefficient (Wildman–Crippen LogP) is 6.47. The molecule has 249 valence electrons. The van der Waals surface area contributed by atoms with Gasteiger partial charge in [0.25, 0.3) is 0 Å². The van der Waals surface area contributed by atoms with E-state index in [2.05, 4.69) is 20.2 Å². The standard InChI is InChI=1S/2C18H15N3O3.Co/c2*1-12(22)17-14(11-19-15-9-5-6-10-16(15)23)18(24)21(20-17)13-7-3-2-4-8-13;/h2*2-11,23-24H,1H3;. The van der Waals surface area contributed by atoms with Crippen LogP contribution in [0.2, 0.25) is 0 Å². The molecular weight excluding hydrogens is 671 g/mol. The molecule has 6 aromatic rings. The van der Waals surface area contributed by atoms with Crippen LogP contribution in [0, 0.1) is 0 Å². The fourth-order valence-corrected chi connectivity index (χ4v) is 4.51. The SMILES string of the molecule is CC(=O)c1nn(-c2ccccc2)c(O)c1C=Nc1ccccc1O.CC(=O)c1nn(-c2ccccc2)c(O)c1C=Nc1ccccc1O.[Co]. The first-order valence-corrected chi connectivity index (χ1v) is 14.6. The zero-order valence-corrected chi connectivity index (χ0v) is 27.2. The molecule has 0 aliphatic heterocycles. The van der Waals surface area contributed by atoms with Crippen LogP contribution in [-0.2, 0) is 16.8 Å². The van der Waals surface area contributed by atoms with Crippen LogP contribution in [-0.4, -0.2) is 64.0 Å². The Bertz CT molecular complexity index is 1990. The van der Waals surface area contributed by atoms with Crippen molar-refractivity contribution < 1.29 is 46.8 Å². The molecule has 0 amide bonds. The smallest absolute Gasteiger partial charge is 0.224 e. The maximum absolute atomic E-state index is 11.8. The van der Waals surface area contributed by atoms with Gasteiger partial charge in [-0.15, -0.1) is 0 Å². The average molecular weight is 702 g/mol. The summed E-state index contributed by atoms with van der Waals surface area (Å²) in [6.45, 7) is 2.74. The van der Waals surface area contributed by atoms with E-state index in [0.29, 0.717) is 22.7 Å². The molecule has 4 aromatic carbocycles. The van der Waals surface area contributed by atoms with E-state index >= 15 is 0 Å². The molecular formula is C36H30CoN6O6. The third-order valence-corrected chi connectivity index (χ3v) is 6.89. The number of aromatic hydroxyl groups is 4. The van der Waals surface area contributed by atoms with E-state index < -0.39 is 0 Å². The second kappa shape index (κ2) is 16.0. The number of phenols is 2. The molecule has 0 saturated carbocycles. The molecule has 0 fully saturated rings. The Morgan fingerprint density at radius 1 is 0.551 bits per heavy atom. The number of carbonyl (C=O) groups excluding carboxylic acids is 2. The minimum atomic E-state index is -0.293. The van der Waals surface area contributed by atoms with Gasteiger partial charge < -0.3 is 20.4 Å². The molecule has 1 radical (unpaired) electrons. The van der Waals surface area contributed by atoms with E-state index in [0.717, 1.165) is 0 Å². The molecule has 12 nitrogen and oxygen atoms in total. The number of aromatic nitrogens is 4. The molecule has 0 spiro atoms. The van der Waals surface area contributed by atoms with Crippen molar-refractivity contribution in [2.75, 3.05) is 0 Å². The predicted molar refractivity (Wildman–Crippen MR) is 181 cm³/mol. The second-order valence-electron chi connectivity index (χ2n) is 10.3. The molecule has 0 saturated heterocycles. The van der Waals surface area contributed by atoms with Gasteiger partial charge in [-0.05, 0) is 48.5 Å². The summed E-state index contributed by atoms with van der Waals surface area (Å²) in [7, 11) is 0. The molecule has 13 heteroatoms. The third-order valence-electron chi connectivity index (χ3n) is 6.89. The van der Waals surface area contributed by atoms with Crippen LogP contribution in [0.3, 0.4) is 0 Å². The molecule has 49 heavy (non-hydrogen) atoms. The van der Waals surface area contributed by atoms with Gasteiger partial charge >= 0.3 is 0 Å². The topological polar surface area (TPSA) is 175 Å². The first-order valence-electron chi connectivity index (χ1n) is 14.6. The van der Waals surface area contributed by atoms with Crippen LogP contribution >= 0.6 is 0 Å². The summed E-state index contributed by atoms with van der Waals surface area (Å²) in [6.07, 6.45) is 2.65. The van der Waals surface area contributed by atoms with Crippen molar-refractivity contribution in [1.82, 2.24) is 19.6 Å². The van der Waals surface area contributed by atoms with Crippen molar-refractivity contribution in [2.24, 2.45) is 9.98 Å². The zero-order chi connectivity index (χ0) is 34.2. The monoisotopic (exact) mass is 701 g/mol. The zero-order valence-electron chi connectivity index (χ0n) is 26.2. The van der Waals surface area contributed by atoms with Gasteiger partial charge in [-0.1, -0.05) is 60.7 Å². The molecule has 2 aromatic heterocycles. The molecule has 0 aliphatic carbocycles. The number of phenolic OH excluding ortho intramolecular Hbond substituents is 2. The summed E-state index contributed by atoms with van der Waals surface area (Å²) in [6, 6.07) is 31.0. The van der Waals surface area contributed by atoms with E-state index in [-0.39, 0.29) is 74.1 Å². The average Bonchev–Trinajstić information content (AvgIpc) is 3.61. The van der Waals surface area contributed by atoms with Gasteiger partial charge in [0.15, 0.2) is 11.6 Å². The van der Waals surface area contributed by atoms with Crippen LogP contribution in [0.5, 0.6) is 23.3 Å². The summed E-state index contributed by atoms with van der Waals surface area (Å²) in [5, 5.41) is 48.8. The van der Waals surface area contributed by atoms with E-state index in [9.17, 15) is 30.0 Å². The van der Waals surface area contributed by atoms with Gasteiger partial charge in [0.05, 0.1) is 22.5 Å². The summed E-state index contributed by atoms with van der Waals surface area (Å²) in [4.78, 5) is 32.0. The van der Waals surface area contributed by atoms with Crippen molar-refractivity contribution in [3.8, 4) is 34.6 Å². The Kier molecular flexibility index (Phi) is 11.6. The molecule has 6 rings (SSSR count). The number of aliphatic imine (C=N–C) groups is 2. The van der Waals surface area contributed by atoms with E-state index in [1.807, 2.05) is 12.1 Å². The van der Waals surface area contributed by atoms with Crippen molar-refractivity contribution in [1.29, 1.82) is 0 Å². The molecule has 0 aliphatic rings. The largest absolute Gasteiger partial charge is 0.506 e. The fourth-order valence-electron chi connectivity index (χ4n) is 4.51. The van der Waals surface area contributed by atoms with Crippen molar-refractivity contribution in [2.45, 2.75) is 13.8 Å². The number of hydrogen-bond donors (Lipinski definition) is 4. The Hall–Kier alpha value is -6.31. The van der Waals surface area contributed by atoms with Gasteiger partial charge in [-0.3, -0.25) is 19.6 Å². The molecule has 4 N–H and O–H groups in total. The van der Waals surface area contributed by atoms with Gasteiger partial charge in [0.2, 0.25) is 11.8 Å². The first kappa shape index (κ1) is 35.5. The number of rotatable bonds is 8. The normalized spacial score (nSPS) is 10.8. The number of nitrogens with zero attached hydrogens (tertiary/aromatic N) is 6. The van der Waals surface area contributed by atoms with Crippen molar-refractivity contribution in [3.63, 3.8) is 0 Å². The Morgan fingerprint density at radius 3 is 1.20 bits per heavy atom. The number of benzene rings is 4. The maximum Gasteiger partial charge on any atom is 0.224 e. The number of para-hydroxylation sites is 6. The quantitative estimate of drug-likeness (QED) is 0.103. The van der Waals surface area contributed by atoms with E-state index in [4.69, 9.17) is 0 Å². The van der Waals surface area contributed by atoms with Crippen LogP contribution in [0.4, 0.5) is 11.4 Å². The first-order chi connectivity index (χ1) is 23.2. The van der Waals surface area contributed by atoms with E-state index in [1.165, 1.54) is 47.8 Å². The molecule has 0 atom stereocenters. The Morgan fingerprint density at radius 2 is 0.878 bits per heavy atom. The Balaban J connectivity index is 0.000000216. The van der Waals surface area contributed by atoms with Gasteiger partial charge in [0, 0.05) is 43.1 Å². The minimum absolute atomic E-state index is 0. The molecule has 2 heterocycles. The van der Waals surface area contributed by atoms with Crippen molar-refractivity contribution in [3.05, 3.63) is 132 Å². The molecule has 0 unspecified atom stereocenters.